The first kappa shape index (κ1) is 19.7. The fourth-order valence-corrected chi connectivity index (χ4v) is 3.30. The SMILES string of the molecule is CCCCCCCCN1SC(Cl)C(Cl)C1=O.O=C(O)O. The zero-order valence-electron chi connectivity index (χ0n) is 11.4. The lowest BCUT2D eigenvalue weighted by molar-refractivity contribution is -0.124. The summed E-state index contributed by atoms with van der Waals surface area (Å²) in [6.45, 7) is 2.99. The van der Waals surface area contributed by atoms with Crippen molar-refractivity contribution in [3.63, 3.8) is 0 Å². The fraction of sp³-hybridized carbons (Fsp3) is 0.833. The molecule has 0 aromatic carbocycles. The van der Waals surface area contributed by atoms with Crippen LogP contribution in [0.2, 0.25) is 0 Å². The highest BCUT2D eigenvalue weighted by atomic mass is 35.5. The number of hydrogen-bond acceptors (Lipinski definition) is 3. The largest absolute Gasteiger partial charge is 0.503 e. The van der Waals surface area contributed by atoms with E-state index in [-0.39, 0.29) is 10.6 Å². The van der Waals surface area contributed by atoms with Gasteiger partial charge in [0, 0.05) is 6.54 Å². The highest BCUT2D eigenvalue weighted by molar-refractivity contribution is 8.00. The molecule has 0 aliphatic carbocycles. The number of unbranched alkanes of at least 4 members (excludes halogenated alkanes) is 5. The summed E-state index contributed by atoms with van der Waals surface area (Å²) in [5, 5.41) is 13.4. The van der Waals surface area contributed by atoms with Crippen LogP contribution in [0, 0.1) is 0 Å². The van der Waals surface area contributed by atoms with Crippen molar-refractivity contribution < 1.29 is 19.8 Å². The molecule has 0 aromatic rings. The Kier molecular flexibility index (Phi) is 11.2. The van der Waals surface area contributed by atoms with Crippen LogP contribution < -0.4 is 0 Å². The Morgan fingerprint density at radius 3 is 2.15 bits per heavy atom. The Bertz CT molecular complexity index is 303. The molecule has 0 radical (unpaired) electrons. The first-order valence-corrected chi connectivity index (χ1v) is 8.29. The molecule has 1 amide bonds. The minimum Gasteiger partial charge on any atom is -0.450 e. The van der Waals surface area contributed by atoms with Gasteiger partial charge < -0.3 is 10.2 Å². The molecule has 0 spiro atoms. The minimum atomic E-state index is -1.83. The van der Waals surface area contributed by atoms with Crippen LogP contribution in [0.3, 0.4) is 0 Å². The number of hydrogen-bond donors (Lipinski definition) is 2. The monoisotopic (exact) mass is 345 g/mol. The Labute approximate surface area is 133 Å². The van der Waals surface area contributed by atoms with Gasteiger partial charge in [-0.2, -0.15) is 0 Å². The van der Waals surface area contributed by atoms with Gasteiger partial charge in [0.05, 0.1) is 0 Å². The lowest BCUT2D eigenvalue weighted by atomic mass is 10.1. The topological polar surface area (TPSA) is 77.8 Å². The van der Waals surface area contributed by atoms with Crippen LogP contribution in [-0.2, 0) is 4.79 Å². The molecule has 2 N–H and O–H groups in total. The lowest BCUT2D eigenvalue weighted by Gasteiger charge is -2.13. The lowest BCUT2D eigenvalue weighted by Crippen LogP contribution is -2.25. The van der Waals surface area contributed by atoms with Crippen LogP contribution in [0.5, 0.6) is 0 Å². The first-order chi connectivity index (χ1) is 9.40. The number of carboxylic acid groups (broad SMARTS) is 2. The predicted molar refractivity (Wildman–Crippen MR) is 82.6 cm³/mol. The van der Waals surface area contributed by atoms with Gasteiger partial charge in [-0.3, -0.25) is 9.10 Å². The van der Waals surface area contributed by atoms with Crippen molar-refractivity contribution >= 4 is 47.2 Å². The summed E-state index contributed by atoms with van der Waals surface area (Å²) >= 11 is 13.1. The van der Waals surface area contributed by atoms with Gasteiger partial charge in [-0.15, -0.1) is 23.2 Å². The van der Waals surface area contributed by atoms with E-state index in [1.807, 2.05) is 0 Å². The number of carbonyl (C=O) groups is 2. The molecule has 118 valence electrons. The van der Waals surface area contributed by atoms with Gasteiger partial charge in [0.2, 0.25) is 0 Å². The van der Waals surface area contributed by atoms with E-state index < -0.39 is 11.5 Å². The molecule has 5 nitrogen and oxygen atoms in total. The summed E-state index contributed by atoms with van der Waals surface area (Å²) in [6.07, 6.45) is 5.54. The number of nitrogens with zero attached hydrogens (tertiary/aromatic N) is 1. The summed E-state index contributed by atoms with van der Waals surface area (Å²) in [7, 11) is 0. The van der Waals surface area contributed by atoms with Crippen molar-refractivity contribution in [3.05, 3.63) is 0 Å². The van der Waals surface area contributed by atoms with Gasteiger partial charge in [-0.1, -0.05) is 39.0 Å². The average molecular weight is 346 g/mol. The van der Waals surface area contributed by atoms with Crippen molar-refractivity contribution in [2.45, 2.75) is 55.5 Å². The normalized spacial score (nSPS) is 21.6. The zero-order chi connectivity index (χ0) is 15.5. The maximum atomic E-state index is 11.6. The Balaban J connectivity index is 0.000000796. The third-order valence-electron chi connectivity index (χ3n) is 2.65. The number of rotatable bonds is 7. The van der Waals surface area contributed by atoms with Gasteiger partial charge >= 0.3 is 6.16 Å². The van der Waals surface area contributed by atoms with Gasteiger partial charge in [-0.25, -0.2) is 4.79 Å². The molecule has 1 heterocycles. The fourth-order valence-electron chi connectivity index (χ4n) is 1.68. The van der Waals surface area contributed by atoms with Crippen LogP contribution in [0.1, 0.15) is 45.4 Å². The van der Waals surface area contributed by atoms with Crippen LogP contribution in [-0.4, -0.2) is 43.2 Å². The van der Waals surface area contributed by atoms with Crippen LogP contribution in [0.15, 0.2) is 0 Å². The maximum absolute atomic E-state index is 11.6. The summed E-state index contributed by atoms with van der Waals surface area (Å²) in [6, 6.07) is 0. The molecule has 20 heavy (non-hydrogen) atoms. The van der Waals surface area contributed by atoms with E-state index in [4.69, 9.17) is 38.2 Å². The number of halogens is 2. The number of alkyl halides is 2. The minimum absolute atomic E-state index is 0.0276. The third kappa shape index (κ3) is 8.76. The van der Waals surface area contributed by atoms with Gasteiger partial charge in [0.25, 0.3) is 5.91 Å². The molecular formula is C12H21Cl2NO4S. The quantitative estimate of drug-likeness (QED) is 0.410. The molecule has 1 saturated heterocycles. The number of carbonyl (C=O) groups excluding carboxylic acids is 1. The average Bonchev–Trinajstić information content (AvgIpc) is 2.61. The van der Waals surface area contributed by atoms with E-state index in [9.17, 15) is 4.79 Å². The highest BCUT2D eigenvalue weighted by Gasteiger charge is 2.38. The molecule has 1 fully saturated rings. The van der Waals surface area contributed by atoms with Crippen molar-refractivity contribution in [1.29, 1.82) is 0 Å². The molecule has 0 bridgehead atoms. The summed E-state index contributed by atoms with van der Waals surface area (Å²) in [4.78, 5) is 20.1. The van der Waals surface area contributed by atoms with E-state index in [0.29, 0.717) is 0 Å². The number of amides is 1. The molecule has 2 unspecified atom stereocenters. The highest BCUT2D eigenvalue weighted by Crippen LogP contribution is 2.35. The van der Waals surface area contributed by atoms with Gasteiger partial charge in [0.15, 0.2) is 0 Å². The summed E-state index contributed by atoms with van der Waals surface area (Å²) < 4.78 is 1.42. The van der Waals surface area contributed by atoms with E-state index in [2.05, 4.69) is 6.92 Å². The van der Waals surface area contributed by atoms with Crippen molar-refractivity contribution in [2.24, 2.45) is 0 Å². The zero-order valence-corrected chi connectivity index (χ0v) is 13.8. The van der Waals surface area contributed by atoms with E-state index in [0.717, 1.165) is 13.0 Å². The van der Waals surface area contributed by atoms with E-state index in [1.54, 1.807) is 4.31 Å². The molecule has 0 saturated carbocycles. The molecule has 0 aromatic heterocycles. The Morgan fingerprint density at radius 1 is 1.20 bits per heavy atom. The van der Waals surface area contributed by atoms with Crippen molar-refractivity contribution in [3.8, 4) is 0 Å². The molecular weight excluding hydrogens is 325 g/mol. The Morgan fingerprint density at radius 2 is 1.70 bits per heavy atom. The third-order valence-corrected chi connectivity index (χ3v) is 4.95. The smallest absolute Gasteiger partial charge is 0.450 e. The maximum Gasteiger partial charge on any atom is 0.503 e. The van der Waals surface area contributed by atoms with Crippen molar-refractivity contribution in [2.75, 3.05) is 6.54 Å². The predicted octanol–water partition coefficient (Wildman–Crippen LogP) is 4.23. The molecule has 1 rings (SSSR count). The molecule has 8 heteroatoms. The second-order valence-corrected chi connectivity index (χ2v) is 6.71. The molecule has 2 atom stereocenters. The van der Waals surface area contributed by atoms with Crippen LogP contribution in [0.4, 0.5) is 4.79 Å². The Hall–Kier alpha value is -0.330. The molecule has 1 aliphatic rings. The van der Waals surface area contributed by atoms with E-state index in [1.165, 1.54) is 44.1 Å². The van der Waals surface area contributed by atoms with Crippen LogP contribution in [0.25, 0.3) is 0 Å². The second-order valence-electron chi connectivity index (χ2n) is 4.35. The van der Waals surface area contributed by atoms with Gasteiger partial charge in [0.1, 0.15) is 10.1 Å². The van der Waals surface area contributed by atoms with Crippen LogP contribution >= 0.6 is 35.1 Å². The van der Waals surface area contributed by atoms with Gasteiger partial charge in [-0.05, 0) is 18.4 Å². The first-order valence-electron chi connectivity index (χ1n) is 6.58. The van der Waals surface area contributed by atoms with E-state index >= 15 is 0 Å². The molecule has 1 aliphatic heterocycles. The summed E-state index contributed by atoms with van der Waals surface area (Å²) in [5.74, 6) is -0.0276. The van der Waals surface area contributed by atoms with Crippen molar-refractivity contribution in [1.82, 2.24) is 4.31 Å². The second kappa shape index (κ2) is 11.3. The summed E-state index contributed by atoms with van der Waals surface area (Å²) in [5.41, 5.74) is 0. The standard InChI is InChI=1S/C11H19Cl2NOS.CH2O3/c1-2-3-4-5-6-7-8-14-11(15)9(12)10(13)16-14;2-1(3)4/h9-10H,2-8H2,1H3;(H2,2,3,4).